The summed E-state index contributed by atoms with van der Waals surface area (Å²) in [7, 11) is 1.34. The first-order chi connectivity index (χ1) is 8.26. The van der Waals surface area contributed by atoms with Gasteiger partial charge in [0.1, 0.15) is 0 Å². The van der Waals surface area contributed by atoms with Crippen LogP contribution in [0.4, 0.5) is 0 Å². The van der Waals surface area contributed by atoms with Crippen molar-refractivity contribution in [2.75, 3.05) is 7.11 Å². The van der Waals surface area contributed by atoms with Gasteiger partial charge in [0.25, 0.3) is 0 Å². The maximum absolute atomic E-state index is 11.4. The molecule has 0 atom stereocenters. The summed E-state index contributed by atoms with van der Waals surface area (Å²) in [6.45, 7) is 0. The van der Waals surface area contributed by atoms with Gasteiger partial charge < -0.3 is 4.74 Å². The van der Waals surface area contributed by atoms with Gasteiger partial charge in [0.15, 0.2) is 0 Å². The van der Waals surface area contributed by atoms with Gasteiger partial charge in [-0.05, 0) is 18.2 Å². The third kappa shape index (κ3) is 2.29. The fourth-order valence-electron chi connectivity index (χ4n) is 1.45. The number of alkyl halides is 1. The molecule has 88 valence electrons. The van der Waals surface area contributed by atoms with E-state index in [-0.39, 0.29) is 5.97 Å². The Labute approximate surface area is 103 Å². The number of rotatable bonds is 3. The fourth-order valence-corrected chi connectivity index (χ4v) is 1.63. The highest BCUT2D eigenvalue weighted by molar-refractivity contribution is 6.16. The summed E-state index contributed by atoms with van der Waals surface area (Å²) in [6.07, 6.45) is 1.58. The van der Waals surface area contributed by atoms with Crippen molar-refractivity contribution in [1.29, 1.82) is 0 Å². The standard InChI is InChI=1S/C11H10ClN3O2/c1-17-11(16)8-3-2-4-9(5-8)15-10(6-12)7-13-14-15/h2-5,7H,6H2,1H3. The predicted molar refractivity (Wildman–Crippen MR) is 62.3 cm³/mol. The number of halogens is 1. The van der Waals surface area contributed by atoms with Crippen LogP contribution in [0.3, 0.4) is 0 Å². The number of benzene rings is 1. The second kappa shape index (κ2) is 4.97. The molecule has 0 amide bonds. The topological polar surface area (TPSA) is 57.0 Å². The molecule has 5 nitrogen and oxygen atoms in total. The molecule has 6 heteroatoms. The van der Waals surface area contributed by atoms with E-state index in [1.54, 1.807) is 29.1 Å². The molecule has 17 heavy (non-hydrogen) atoms. The molecule has 0 radical (unpaired) electrons. The Balaban J connectivity index is 2.43. The van der Waals surface area contributed by atoms with E-state index in [2.05, 4.69) is 15.0 Å². The van der Waals surface area contributed by atoms with Crippen LogP contribution in [0.1, 0.15) is 16.1 Å². The number of methoxy groups -OCH3 is 1. The molecule has 0 aliphatic rings. The number of esters is 1. The van der Waals surface area contributed by atoms with Crippen molar-refractivity contribution in [3.05, 3.63) is 41.7 Å². The molecule has 0 unspecified atom stereocenters. The zero-order valence-electron chi connectivity index (χ0n) is 9.13. The van der Waals surface area contributed by atoms with Crippen molar-refractivity contribution in [2.45, 2.75) is 5.88 Å². The molecule has 1 aromatic heterocycles. The number of carbonyl (C=O) groups excluding carboxylic acids is 1. The summed E-state index contributed by atoms with van der Waals surface area (Å²) >= 11 is 5.76. The second-order valence-corrected chi connectivity index (χ2v) is 3.58. The van der Waals surface area contributed by atoms with Crippen LogP contribution in [0.5, 0.6) is 0 Å². The lowest BCUT2D eigenvalue weighted by atomic mass is 10.2. The number of aromatic nitrogens is 3. The van der Waals surface area contributed by atoms with Crippen molar-refractivity contribution in [1.82, 2.24) is 15.0 Å². The quantitative estimate of drug-likeness (QED) is 0.617. The summed E-state index contributed by atoms with van der Waals surface area (Å²) in [5.74, 6) is -0.0884. The van der Waals surface area contributed by atoms with Crippen LogP contribution in [0, 0.1) is 0 Å². The Bertz CT molecular complexity index is 539. The van der Waals surface area contributed by atoms with Gasteiger partial charge >= 0.3 is 5.97 Å². The van der Waals surface area contributed by atoms with Gasteiger partial charge in [-0.3, -0.25) is 0 Å². The minimum atomic E-state index is -0.389. The minimum Gasteiger partial charge on any atom is -0.465 e. The third-order valence-corrected chi connectivity index (χ3v) is 2.54. The molecule has 0 saturated carbocycles. The maximum atomic E-state index is 11.4. The molecule has 0 bridgehead atoms. The van der Waals surface area contributed by atoms with E-state index in [9.17, 15) is 4.79 Å². The normalized spacial score (nSPS) is 10.2. The zero-order chi connectivity index (χ0) is 12.3. The van der Waals surface area contributed by atoms with E-state index in [1.165, 1.54) is 7.11 Å². The molecule has 0 spiro atoms. The number of nitrogens with zero attached hydrogens (tertiary/aromatic N) is 3. The average molecular weight is 252 g/mol. The molecular weight excluding hydrogens is 242 g/mol. The predicted octanol–water partition coefficient (Wildman–Crippen LogP) is 1.79. The van der Waals surface area contributed by atoms with Crippen LogP contribution in [0.15, 0.2) is 30.5 Å². The van der Waals surface area contributed by atoms with Crippen LogP contribution < -0.4 is 0 Å². The molecular formula is C11H10ClN3O2. The summed E-state index contributed by atoms with van der Waals surface area (Å²) in [5, 5.41) is 7.69. The Morgan fingerprint density at radius 1 is 1.53 bits per heavy atom. The number of hydrogen-bond acceptors (Lipinski definition) is 4. The smallest absolute Gasteiger partial charge is 0.337 e. The van der Waals surface area contributed by atoms with Gasteiger partial charge in [0.2, 0.25) is 0 Å². The maximum Gasteiger partial charge on any atom is 0.337 e. The van der Waals surface area contributed by atoms with E-state index in [1.807, 2.05) is 6.07 Å². The molecule has 0 saturated heterocycles. The van der Waals surface area contributed by atoms with Crippen molar-refractivity contribution in [3.8, 4) is 5.69 Å². The highest BCUT2D eigenvalue weighted by atomic mass is 35.5. The highest BCUT2D eigenvalue weighted by Crippen LogP contribution is 2.13. The van der Waals surface area contributed by atoms with Gasteiger partial charge in [-0.25, -0.2) is 9.48 Å². The van der Waals surface area contributed by atoms with Gasteiger partial charge in [0, 0.05) is 0 Å². The first kappa shape index (κ1) is 11.6. The second-order valence-electron chi connectivity index (χ2n) is 3.31. The van der Waals surface area contributed by atoms with Crippen LogP contribution >= 0.6 is 11.6 Å². The van der Waals surface area contributed by atoms with Gasteiger partial charge in [-0.2, -0.15) is 0 Å². The Kier molecular flexibility index (Phi) is 3.39. The van der Waals surface area contributed by atoms with Crippen LogP contribution in [-0.2, 0) is 10.6 Å². The Morgan fingerprint density at radius 3 is 3.06 bits per heavy atom. The van der Waals surface area contributed by atoms with Crippen molar-refractivity contribution >= 4 is 17.6 Å². The van der Waals surface area contributed by atoms with Crippen molar-refractivity contribution in [3.63, 3.8) is 0 Å². The fraction of sp³-hybridized carbons (Fsp3) is 0.182. The monoisotopic (exact) mass is 251 g/mol. The van der Waals surface area contributed by atoms with E-state index in [4.69, 9.17) is 11.6 Å². The van der Waals surface area contributed by atoms with Gasteiger partial charge in [-0.15, -0.1) is 16.7 Å². The highest BCUT2D eigenvalue weighted by Gasteiger charge is 2.09. The number of carbonyl (C=O) groups is 1. The summed E-state index contributed by atoms with van der Waals surface area (Å²) in [4.78, 5) is 11.4. The lowest BCUT2D eigenvalue weighted by molar-refractivity contribution is 0.0600. The van der Waals surface area contributed by atoms with Crippen LogP contribution in [-0.4, -0.2) is 28.1 Å². The lowest BCUT2D eigenvalue weighted by Gasteiger charge is -2.05. The molecule has 1 heterocycles. The first-order valence-corrected chi connectivity index (χ1v) is 5.44. The van der Waals surface area contributed by atoms with Crippen molar-refractivity contribution < 1.29 is 9.53 Å². The Morgan fingerprint density at radius 2 is 2.35 bits per heavy atom. The van der Waals surface area contributed by atoms with E-state index in [0.717, 1.165) is 11.4 Å². The van der Waals surface area contributed by atoms with Gasteiger partial charge in [0.05, 0.1) is 36.1 Å². The molecule has 2 aromatic rings. The summed E-state index contributed by atoms with van der Waals surface area (Å²) in [6, 6.07) is 6.92. The molecule has 1 aromatic carbocycles. The van der Waals surface area contributed by atoms with Crippen LogP contribution in [0.2, 0.25) is 0 Å². The number of hydrogen-bond donors (Lipinski definition) is 0. The zero-order valence-corrected chi connectivity index (χ0v) is 9.89. The lowest BCUT2D eigenvalue weighted by Crippen LogP contribution is -2.05. The average Bonchev–Trinajstić information content (AvgIpc) is 2.86. The molecule has 0 fully saturated rings. The summed E-state index contributed by atoms with van der Waals surface area (Å²) in [5.41, 5.74) is 1.94. The van der Waals surface area contributed by atoms with Crippen molar-refractivity contribution in [2.24, 2.45) is 0 Å². The van der Waals surface area contributed by atoms with E-state index in [0.29, 0.717) is 11.4 Å². The third-order valence-electron chi connectivity index (χ3n) is 2.27. The first-order valence-electron chi connectivity index (χ1n) is 4.90. The van der Waals surface area contributed by atoms with Gasteiger partial charge in [-0.1, -0.05) is 11.3 Å². The minimum absolute atomic E-state index is 0.301. The number of ether oxygens (including phenoxy) is 1. The molecule has 0 aliphatic carbocycles. The molecule has 0 aliphatic heterocycles. The molecule has 0 N–H and O–H groups in total. The van der Waals surface area contributed by atoms with E-state index < -0.39 is 0 Å². The SMILES string of the molecule is COC(=O)c1cccc(-n2nncc2CCl)c1. The summed E-state index contributed by atoms with van der Waals surface area (Å²) < 4.78 is 6.24. The largest absolute Gasteiger partial charge is 0.465 e. The van der Waals surface area contributed by atoms with Crippen LogP contribution in [0.25, 0.3) is 5.69 Å². The van der Waals surface area contributed by atoms with E-state index >= 15 is 0 Å². The molecule has 2 rings (SSSR count). The Hall–Kier alpha value is -1.88.